The maximum atomic E-state index is 15.4. The summed E-state index contributed by atoms with van der Waals surface area (Å²) in [7, 11) is 0. The molecule has 0 spiro atoms. The average molecular weight is 1140 g/mol. The van der Waals surface area contributed by atoms with Crippen LogP contribution in [0.3, 0.4) is 0 Å². The fraction of sp³-hybridized carbons (Fsp3) is 0.0541. The van der Waals surface area contributed by atoms with E-state index in [1.165, 1.54) is 0 Å². The number of hydrogen-bond acceptors (Lipinski definition) is 3. The van der Waals surface area contributed by atoms with Crippen LogP contribution in [0.1, 0.15) is 10.4 Å². The van der Waals surface area contributed by atoms with Crippen LogP contribution in [-0.2, 0) is 6.54 Å². The Morgan fingerprint density at radius 3 is 1.03 bits per heavy atom. The second-order valence-corrected chi connectivity index (χ2v) is 19.2. The number of alkyl halides is 3. The van der Waals surface area contributed by atoms with E-state index >= 15 is 35.1 Å². The lowest BCUT2D eigenvalue weighted by molar-refractivity contribution is -0.684. The number of ketones is 1. The van der Waals surface area contributed by atoms with E-state index in [-0.39, 0.29) is 12.3 Å². The first-order valence-electron chi connectivity index (χ1n) is 16.6. The van der Waals surface area contributed by atoms with Crippen LogP contribution >= 0.6 is 47.8 Å². The number of carbonyl (C=O) groups is 1. The third kappa shape index (κ3) is 8.91. The molecule has 0 radical (unpaired) electrons. The smallest absolute Gasteiger partial charge is 0.282 e. The SMILES string of the molecule is Fc1c(F)c(F)c([B-](c2c(F)c(F)c(F)c(F)c2F)(c2c(F)c(F)c(F)c(F)c2F)c2c(F)c(F)c(F)c(F)c2F)c(F)c1F.O=C(C[n+]1ccnc(OC(Br)(Br)Br)c1)c1ccccc1. The molecule has 1 aromatic heterocycles. The van der Waals surface area contributed by atoms with Crippen molar-refractivity contribution in [2.24, 2.45) is 0 Å². The molecule has 4 nitrogen and oxygen atoms in total. The minimum atomic E-state index is -7.22. The Bertz CT molecular complexity index is 2530. The summed E-state index contributed by atoms with van der Waals surface area (Å²) in [5.74, 6) is -71.0. The van der Waals surface area contributed by atoms with E-state index in [2.05, 4.69) is 52.8 Å². The first-order chi connectivity index (χ1) is 30.1. The maximum absolute atomic E-state index is 15.4. The molecule has 0 N–H and O–H groups in total. The number of hydrogen-bond donors (Lipinski definition) is 0. The van der Waals surface area contributed by atoms with Crippen molar-refractivity contribution >= 4 is 81.6 Å². The van der Waals surface area contributed by atoms with Crippen LogP contribution in [0.25, 0.3) is 0 Å². The van der Waals surface area contributed by atoms with Gasteiger partial charge in [-0.05, 0) is 47.8 Å². The molecule has 0 aliphatic rings. The van der Waals surface area contributed by atoms with Crippen molar-refractivity contribution in [1.82, 2.24) is 4.98 Å². The zero-order valence-corrected chi connectivity index (χ0v) is 35.1. The quantitative estimate of drug-likeness (QED) is 0.0291. The van der Waals surface area contributed by atoms with E-state index < -0.39 is 147 Å². The van der Waals surface area contributed by atoms with Crippen molar-refractivity contribution in [3.63, 3.8) is 0 Å². The summed E-state index contributed by atoms with van der Waals surface area (Å²) in [6.45, 7) is 0.225. The lowest BCUT2D eigenvalue weighted by Gasteiger charge is -2.44. The predicted molar refractivity (Wildman–Crippen MR) is 195 cm³/mol. The summed E-state index contributed by atoms with van der Waals surface area (Å²) in [5, 5.41) is 0. The number of rotatable bonds is 8. The van der Waals surface area contributed by atoms with E-state index in [0.29, 0.717) is 11.4 Å². The fourth-order valence-corrected chi connectivity index (χ4v) is 6.93. The minimum absolute atomic E-state index is 0.0236. The monoisotopic (exact) mass is 1140 g/mol. The van der Waals surface area contributed by atoms with E-state index in [4.69, 9.17) is 4.74 Å². The van der Waals surface area contributed by atoms with Gasteiger partial charge < -0.3 is 4.74 Å². The van der Waals surface area contributed by atoms with Gasteiger partial charge in [-0.3, -0.25) is 4.79 Å². The highest BCUT2D eigenvalue weighted by Crippen LogP contribution is 2.35. The van der Waals surface area contributed by atoms with Crippen LogP contribution in [0.4, 0.5) is 87.8 Å². The van der Waals surface area contributed by atoms with Crippen LogP contribution < -0.4 is 31.2 Å². The summed E-state index contributed by atoms with van der Waals surface area (Å²) in [4.78, 5) is 16.2. The zero-order chi connectivity index (χ0) is 48.9. The van der Waals surface area contributed by atoms with Crippen molar-refractivity contribution < 1.29 is 102 Å². The van der Waals surface area contributed by atoms with Gasteiger partial charge in [-0.25, -0.2) is 92.8 Å². The standard InChI is InChI=1S/C24BF20.C13H10Br3N2O2/c26-5-1(6(27)14(35)21(42)13(5)34)25(2-7(28)15(36)22(43)16(37)8(2)29,3-9(30)17(38)23(44)18(39)10(3)31)4-11(32)19(40)24(45)20(41)12(4)33;14-13(15,16)20-12-9-18(7-6-17-12)8-11(19)10-4-2-1-3-5-10/h;1-7,9H,8H2/q-1;+1. The maximum Gasteiger partial charge on any atom is 0.282 e. The number of Topliss-reactive ketones (excluding diaryl/α,β-unsaturated/α-hetero) is 1. The molecule has 0 saturated heterocycles. The number of ether oxygens (including phenoxy) is 1. The fourth-order valence-electron chi connectivity index (χ4n) is 6.44. The predicted octanol–water partition coefficient (Wildman–Crippen LogP) is 9.27. The first-order valence-corrected chi connectivity index (χ1v) is 18.9. The Labute approximate surface area is 372 Å². The third-order valence-electron chi connectivity index (χ3n) is 9.09. The average Bonchev–Trinajstić information content (AvgIpc) is 3.26. The molecule has 344 valence electrons. The van der Waals surface area contributed by atoms with E-state index in [1.54, 1.807) is 35.3 Å². The molecule has 0 aliphatic carbocycles. The van der Waals surface area contributed by atoms with E-state index in [9.17, 15) is 57.5 Å². The van der Waals surface area contributed by atoms with Gasteiger partial charge in [0.25, 0.3) is 8.21 Å². The summed E-state index contributed by atoms with van der Waals surface area (Å²) in [6, 6.07) is 9.15. The summed E-state index contributed by atoms with van der Waals surface area (Å²) in [6.07, 6.45) is -2.27. The van der Waals surface area contributed by atoms with Gasteiger partial charge >= 0.3 is 0 Å². The molecular weight excluding hydrogens is 1130 g/mol. The van der Waals surface area contributed by atoms with Crippen molar-refractivity contribution in [1.29, 1.82) is 0 Å². The Balaban J connectivity index is 0.000000330. The second kappa shape index (κ2) is 18.9. The minimum Gasteiger partial charge on any atom is -0.435 e. The van der Waals surface area contributed by atoms with Crippen LogP contribution in [0.2, 0.25) is 0 Å². The van der Waals surface area contributed by atoms with Crippen molar-refractivity contribution in [3.05, 3.63) is 171 Å². The van der Waals surface area contributed by atoms with Gasteiger partial charge in [0.15, 0.2) is 76.0 Å². The van der Waals surface area contributed by atoms with E-state index in [1.807, 2.05) is 18.2 Å². The molecule has 6 aromatic rings. The molecule has 0 saturated carbocycles. The van der Waals surface area contributed by atoms with Crippen molar-refractivity contribution in [3.8, 4) is 5.88 Å². The zero-order valence-electron chi connectivity index (χ0n) is 30.3. The molecule has 65 heavy (non-hydrogen) atoms. The largest absolute Gasteiger partial charge is 0.435 e. The second-order valence-electron chi connectivity index (χ2n) is 12.7. The van der Waals surface area contributed by atoms with Gasteiger partial charge in [-0.1, -0.05) is 30.3 Å². The van der Waals surface area contributed by atoms with Gasteiger partial charge in [0.2, 0.25) is 18.5 Å². The van der Waals surface area contributed by atoms with E-state index in [0.717, 1.165) is 0 Å². The number of halogens is 23. The Hall–Kier alpha value is -5.25. The van der Waals surface area contributed by atoms with Gasteiger partial charge in [0.1, 0.15) is 52.7 Å². The molecule has 1 heterocycles. The molecule has 0 atom stereocenters. The van der Waals surface area contributed by atoms with Gasteiger partial charge in [0.05, 0.1) is 6.20 Å². The number of benzene rings is 5. The first kappa shape index (κ1) is 50.7. The number of carbonyl (C=O) groups excluding carboxylic acids is 1. The Morgan fingerprint density at radius 1 is 0.477 bits per heavy atom. The summed E-state index contributed by atoms with van der Waals surface area (Å²) >= 11 is 9.67. The molecule has 0 aliphatic heterocycles. The molecule has 0 bridgehead atoms. The molecule has 0 amide bonds. The topological polar surface area (TPSA) is 43.1 Å². The number of nitrogens with zero attached hydrogens (tertiary/aromatic N) is 2. The number of aromatic nitrogens is 2. The molecule has 6 rings (SSSR count). The van der Waals surface area contributed by atoms with Crippen LogP contribution in [0, 0.1) is 116 Å². The van der Waals surface area contributed by atoms with Gasteiger partial charge in [-0.15, -0.1) is 21.9 Å². The summed E-state index contributed by atoms with van der Waals surface area (Å²) < 4.78 is 300. The molecule has 0 fully saturated rings. The molecule has 0 unspecified atom stereocenters. The highest BCUT2D eigenvalue weighted by atomic mass is 80.0. The molecule has 5 aromatic carbocycles. The van der Waals surface area contributed by atoms with Crippen LogP contribution in [-0.4, -0.2) is 19.2 Å². The molecular formula is C37H10BBr3F20N2O2. The Morgan fingerprint density at radius 2 is 0.754 bits per heavy atom. The lowest BCUT2D eigenvalue weighted by Crippen LogP contribution is -2.81. The third-order valence-corrected chi connectivity index (χ3v) is 9.57. The lowest BCUT2D eigenvalue weighted by atomic mass is 9.12. The Kier molecular flexibility index (Phi) is 14.8. The van der Waals surface area contributed by atoms with Crippen LogP contribution in [0.5, 0.6) is 5.88 Å². The van der Waals surface area contributed by atoms with Crippen molar-refractivity contribution in [2.75, 3.05) is 0 Å². The highest BCUT2D eigenvalue weighted by Gasteiger charge is 2.52. The highest BCUT2D eigenvalue weighted by molar-refractivity contribution is 9.39. The summed E-state index contributed by atoms with van der Waals surface area (Å²) in [5.41, 5.74) is -13.7. The van der Waals surface area contributed by atoms with Crippen LogP contribution in [0.15, 0.2) is 48.9 Å². The van der Waals surface area contributed by atoms with Gasteiger partial charge in [-0.2, -0.15) is 4.57 Å². The van der Waals surface area contributed by atoms with Crippen molar-refractivity contribution in [2.45, 2.75) is 8.87 Å². The van der Waals surface area contributed by atoms with Gasteiger partial charge in [0, 0.05) is 5.56 Å². The molecule has 28 heteroatoms. The normalized spacial score (nSPS) is 11.7.